The third-order valence-corrected chi connectivity index (χ3v) is 6.97. The molecule has 0 atom stereocenters. The molecule has 0 spiro atoms. The molecular formula is C29H30N4O2. The number of carbonyl (C=O) groups is 1. The number of aromatic carboxylic acids is 1. The van der Waals surface area contributed by atoms with Gasteiger partial charge in [0.15, 0.2) is 0 Å². The smallest absolute Gasteiger partial charge is 0.335 e. The number of hydrogen-bond donors (Lipinski definition) is 1. The van der Waals surface area contributed by atoms with Gasteiger partial charge in [0, 0.05) is 11.6 Å². The molecule has 0 amide bonds. The van der Waals surface area contributed by atoms with Crippen LogP contribution in [0.2, 0.25) is 0 Å². The number of hydrogen-bond acceptors (Lipinski definition) is 4. The summed E-state index contributed by atoms with van der Waals surface area (Å²) < 4.78 is 1.63. The lowest BCUT2D eigenvalue weighted by atomic mass is 9.88. The fourth-order valence-electron chi connectivity index (χ4n) is 4.86. The largest absolute Gasteiger partial charge is 0.478 e. The number of carboxylic acids is 1. The second-order valence-electron chi connectivity index (χ2n) is 9.51. The van der Waals surface area contributed by atoms with Crippen LogP contribution in [0.5, 0.6) is 0 Å². The highest BCUT2D eigenvalue weighted by molar-refractivity contribution is 5.90. The molecule has 1 saturated heterocycles. The standard InChI is InChI=1S/C29H30N4O2/c1-20(2)32-14-12-23(13-15-32)21-8-10-22(11-9-21)25-16-26(29(34)35)18-27(17-25)33-19-28(30-31-33)24-6-4-3-5-7-24/h3-11,16-20,23H,12-15H2,1-2H3,(H,34,35). The summed E-state index contributed by atoms with van der Waals surface area (Å²) in [6.45, 7) is 6.79. The first-order valence-corrected chi connectivity index (χ1v) is 12.2. The predicted molar refractivity (Wildman–Crippen MR) is 138 cm³/mol. The minimum absolute atomic E-state index is 0.222. The average molecular weight is 467 g/mol. The molecule has 1 aromatic heterocycles. The van der Waals surface area contributed by atoms with Crippen LogP contribution in [0.3, 0.4) is 0 Å². The van der Waals surface area contributed by atoms with Gasteiger partial charge >= 0.3 is 5.97 Å². The van der Waals surface area contributed by atoms with Crippen LogP contribution in [0.4, 0.5) is 0 Å². The molecule has 2 heterocycles. The van der Waals surface area contributed by atoms with Crippen molar-refractivity contribution in [3.8, 4) is 28.1 Å². The Bertz CT molecular complexity index is 1300. The SMILES string of the molecule is CC(C)N1CCC(c2ccc(-c3cc(C(=O)O)cc(-n4cc(-c5ccccc5)nn4)c3)cc2)CC1. The summed E-state index contributed by atoms with van der Waals surface area (Å²) in [4.78, 5) is 14.4. The minimum Gasteiger partial charge on any atom is -0.478 e. The van der Waals surface area contributed by atoms with Gasteiger partial charge in [0.2, 0.25) is 0 Å². The molecule has 0 aliphatic carbocycles. The first-order valence-electron chi connectivity index (χ1n) is 12.2. The summed E-state index contributed by atoms with van der Waals surface area (Å²) >= 11 is 0. The second kappa shape index (κ2) is 9.84. The lowest BCUT2D eigenvalue weighted by Crippen LogP contribution is -2.37. The molecule has 1 aliphatic heterocycles. The zero-order valence-corrected chi connectivity index (χ0v) is 20.1. The van der Waals surface area contributed by atoms with Gasteiger partial charge in [-0.2, -0.15) is 0 Å². The van der Waals surface area contributed by atoms with E-state index in [9.17, 15) is 9.90 Å². The Kier molecular flexibility index (Phi) is 6.47. The Morgan fingerprint density at radius 3 is 2.29 bits per heavy atom. The highest BCUT2D eigenvalue weighted by Gasteiger charge is 2.22. The van der Waals surface area contributed by atoms with Crippen molar-refractivity contribution < 1.29 is 9.90 Å². The molecule has 3 aromatic carbocycles. The Labute approximate surface area is 205 Å². The maximum Gasteiger partial charge on any atom is 0.335 e. The number of nitrogens with zero attached hydrogens (tertiary/aromatic N) is 4. The van der Waals surface area contributed by atoms with Gasteiger partial charge in [-0.15, -0.1) is 5.10 Å². The van der Waals surface area contributed by atoms with Crippen LogP contribution in [0, 0.1) is 0 Å². The molecule has 5 rings (SSSR count). The second-order valence-corrected chi connectivity index (χ2v) is 9.51. The number of benzene rings is 3. The fourth-order valence-corrected chi connectivity index (χ4v) is 4.86. The topological polar surface area (TPSA) is 71.2 Å². The Hall–Kier alpha value is -3.77. The maximum absolute atomic E-state index is 11.9. The van der Waals surface area contributed by atoms with E-state index in [2.05, 4.69) is 53.3 Å². The molecule has 0 radical (unpaired) electrons. The molecule has 178 valence electrons. The van der Waals surface area contributed by atoms with E-state index in [1.54, 1.807) is 16.8 Å². The van der Waals surface area contributed by atoms with Crippen molar-refractivity contribution in [2.75, 3.05) is 13.1 Å². The van der Waals surface area contributed by atoms with Crippen molar-refractivity contribution in [3.63, 3.8) is 0 Å². The Balaban J connectivity index is 1.41. The molecule has 4 aromatic rings. The van der Waals surface area contributed by atoms with Gasteiger partial charge in [-0.25, -0.2) is 9.48 Å². The van der Waals surface area contributed by atoms with E-state index in [0.717, 1.165) is 35.5 Å². The fraction of sp³-hybridized carbons (Fsp3) is 0.276. The van der Waals surface area contributed by atoms with Crippen molar-refractivity contribution >= 4 is 5.97 Å². The summed E-state index contributed by atoms with van der Waals surface area (Å²) in [5.74, 6) is -0.392. The van der Waals surface area contributed by atoms with Crippen LogP contribution in [0.25, 0.3) is 28.1 Å². The molecule has 35 heavy (non-hydrogen) atoms. The quantitative estimate of drug-likeness (QED) is 0.384. The lowest BCUT2D eigenvalue weighted by molar-refractivity contribution is 0.0697. The predicted octanol–water partition coefficient (Wildman–Crippen LogP) is 5.89. The molecular weight excluding hydrogens is 436 g/mol. The molecule has 1 aliphatic rings. The Morgan fingerprint density at radius 2 is 1.63 bits per heavy atom. The molecule has 0 saturated carbocycles. The Morgan fingerprint density at radius 1 is 0.914 bits per heavy atom. The summed E-state index contributed by atoms with van der Waals surface area (Å²) in [5, 5.41) is 18.3. The highest BCUT2D eigenvalue weighted by atomic mass is 16.4. The van der Waals surface area contributed by atoms with E-state index in [1.807, 2.05) is 42.6 Å². The first kappa shape index (κ1) is 23.0. The summed E-state index contributed by atoms with van der Waals surface area (Å²) in [5.41, 5.74) is 5.78. The number of rotatable bonds is 6. The van der Waals surface area contributed by atoms with Crippen LogP contribution >= 0.6 is 0 Å². The number of piperidine rings is 1. The number of likely N-dealkylation sites (tertiary alicyclic amines) is 1. The van der Waals surface area contributed by atoms with Crippen LogP contribution in [-0.4, -0.2) is 50.1 Å². The van der Waals surface area contributed by atoms with Crippen LogP contribution in [0.1, 0.15) is 48.5 Å². The van der Waals surface area contributed by atoms with E-state index in [-0.39, 0.29) is 5.56 Å². The third kappa shape index (κ3) is 5.03. The van der Waals surface area contributed by atoms with E-state index < -0.39 is 5.97 Å². The van der Waals surface area contributed by atoms with E-state index in [1.165, 1.54) is 18.4 Å². The van der Waals surface area contributed by atoms with Crippen molar-refractivity contribution in [1.29, 1.82) is 0 Å². The summed E-state index contributed by atoms with van der Waals surface area (Å²) in [6, 6.07) is 24.3. The first-order chi connectivity index (χ1) is 17.0. The van der Waals surface area contributed by atoms with Crippen LogP contribution in [0.15, 0.2) is 79.0 Å². The van der Waals surface area contributed by atoms with E-state index in [0.29, 0.717) is 17.6 Å². The highest BCUT2D eigenvalue weighted by Crippen LogP contribution is 2.31. The summed E-state index contributed by atoms with van der Waals surface area (Å²) in [6.07, 6.45) is 4.17. The third-order valence-electron chi connectivity index (χ3n) is 6.97. The van der Waals surface area contributed by atoms with E-state index in [4.69, 9.17) is 0 Å². The van der Waals surface area contributed by atoms with Crippen molar-refractivity contribution in [2.45, 2.75) is 38.6 Å². The zero-order valence-electron chi connectivity index (χ0n) is 20.1. The molecule has 0 bridgehead atoms. The van der Waals surface area contributed by atoms with Crippen molar-refractivity contribution in [2.24, 2.45) is 0 Å². The van der Waals surface area contributed by atoms with Gasteiger partial charge in [-0.3, -0.25) is 0 Å². The van der Waals surface area contributed by atoms with Gasteiger partial charge in [0.05, 0.1) is 17.4 Å². The van der Waals surface area contributed by atoms with Gasteiger partial charge in [0.1, 0.15) is 5.69 Å². The van der Waals surface area contributed by atoms with Gasteiger partial charge in [0.25, 0.3) is 0 Å². The molecule has 1 fully saturated rings. The average Bonchev–Trinajstić information content (AvgIpc) is 3.40. The van der Waals surface area contributed by atoms with Crippen molar-refractivity contribution in [3.05, 3.63) is 90.1 Å². The normalized spacial score (nSPS) is 14.9. The maximum atomic E-state index is 11.9. The van der Waals surface area contributed by atoms with Gasteiger partial charge in [-0.05, 0) is 80.6 Å². The van der Waals surface area contributed by atoms with Crippen LogP contribution in [-0.2, 0) is 0 Å². The number of carboxylic acid groups (broad SMARTS) is 1. The molecule has 0 unspecified atom stereocenters. The lowest BCUT2D eigenvalue weighted by Gasteiger charge is -2.34. The van der Waals surface area contributed by atoms with Gasteiger partial charge in [-0.1, -0.05) is 59.8 Å². The minimum atomic E-state index is -0.968. The van der Waals surface area contributed by atoms with Crippen molar-refractivity contribution in [1.82, 2.24) is 19.9 Å². The molecule has 6 nitrogen and oxygen atoms in total. The number of aromatic nitrogens is 3. The molecule has 6 heteroatoms. The monoisotopic (exact) mass is 466 g/mol. The van der Waals surface area contributed by atoms with Crippen LogP contribution < -0.4 is 0 Å². The molecule has 1 N–H and O–H groups in total. The van der Waals surface area contributed by atoms with Gasteiger partial charge < -0.3 is 10.0 Å². The zero-order chi connectivity index (χ0) is 24.4. The van der Waals surface area contributed by atoms with E-state index >= 15 is 0 Å². The summed E-state index contributed by atoms with van der Waals surface area (Å²) in [7, 11) is 0.